The largest absolute Gasteiger partial charge is 0.368 e. The SMILES string of the molecule is Cc1ccc(-c2cncc(N3CCN(C)CC3)c2)cc1C(=N)c1nc2ccncc2[nH]1. The fourth-order valence-electron chi connectivity index (χ4n) is 4.00. The molecule has 3 aromatic heterocycles. The minimum absolute atomic E-state index is 0.374. The van der Waals surface area contributed by atoms with Crippen LogP contribution in [0.3, 0.4) is 0 Å². The van der Waals surface area contributed by atoms with Crippen molar-refractivity contribution in [2.24, 2.45) is 0 Å². The van der Waals surface area contributed by atoms with Crippen LogP contribution in [0, 0.1) is 12.3 Å². The fraction of sp³-hybridized carbons (Fsp3) is 0.250. The summed E-state index contributed by atoms with van der Waals surface area (Å²) in [5, 5.41) is 8.78. The van der Waals surface area contributed by atoms with Crippen molar-refractivity contribution in [3.05, 3.63) is 72.1 Å². The zero-order valence-corrected chi connectivity index (χ0v) is 17.8. The van der Waals surface area contributed by atoms with Crippen LogP contribution in [0.15, 0.2) is 55.1 Å². The number of nitrogens with one attached hydrogen (secondary N) is 2. The van der Waals surface area contributed by atoms with Gasteiger partial charge in [-0.15, -0.1) is 0 Å². The smallest absolute Gasteiger partial charge is 0.157 e. The van der Waals surface area contributed by atoms with Crippen molar-refractivity contribution < 1.29 is 0 Å². The average molecular weight is 412 g/mol. The van der Waals surface area contributed by atoms with Crippen molar-refractivity contribution >= 4 is 22.4 Å². The Morgan fingerprint density at radius 1 is 0.968 bits per heavy atom. The van der Waals surface area contributed by atoms with E-state index in [9.17, 15) is 0 Å². The Kier molecular flexibility index (Phi) is 4.95. The molecule has 0 atom stereocenters. The molecule has 0 aliphatic carbocycles. The van der Waals surface area contributed by atoms with Gasteiger partial charge in [-0.3, -0.25) is 15.4 Å². The maximum absolute atomic E-state index is 8.78. The second kappa shape index (κ2) is 7.92. The van der Waals surface area contributed by atoms with Gasteiger partial charge in [0.25, 0.3) is 0 Å². The predicted octanol–water partition coefficient (Wildman–Crippen LogP) is 3.50. The number of aromatic amines is 1. The molecule has 0 radical (unpaired) electrons. The number of benzene rings is 1. The summed E-state index contributed by atoms with van der Waals surface area (Å²) >= 11 is 0. The molecule has 0 bridgehead atoms. The first-order valence-corrected chi connectivity index (χ1v) is 10.5. The highest BCUT2D eigenvalue weighted by Gasteiger charge is 2.17. The summed E-state index contributed by atoms with van der Waals surface area (Å²) < 4.78 is 0. The van der Waals surface area contributed by atoms with E-state index in [1.807, 2.05) is 25.4 Å². The molecule has 0 spiro atoms. The number of aryl methyl sites for hydroxylation is 1. The molecule has 1 aromatic carbocycles. The maximum atomic E-state index is 8.78. The number of imidazole rings is 1. The first-order chi connectivity index (χ1) is 15.1. The van der Waals surface area contributed by atoms with E-state index in [0.717, 1.165) is 65.2 Å². The first kappa shape index (κ1) is 19.4. The molecule has 1 fully saturated rings. The molecule has 7 nitrogen and oxygen atoms in total. The van der Waals surface area contributed by atoms with Gasteiger partial charge in [0, 0.05) is 49.7 Å². The van der Waals surface area contributed by atoms with Crippen molar-refractivity contribution in [2.45, 2.75) is 6.92 Å². The van der Waals surface area contributed by atoms with Crippen LogP contribution in [0.1, 0.15) is 17.0 Å². The van der Waals surface area contributed by atoms with Crippen molar-refractivity contribution in [1.82, 2.24) is 24.8 Å². The number of pyridine rings is 2. The van der Waals surface area contributed by atoms with Gasteiger partial charge in [0.05, 0.1) is 29.1 Å². The van der Waals surface area contributed by atoms with Crippen LogP contribution < -0.4 is 4.90 Å². The zero-order valence-electron chi connectivity index (χ0n) is 17.8. The molecule has 2 N–H and O–H groups in total. The number of piperazine rings is 1. The van der Waals surface area contributed by atoms with Crippen LogP contribution in [0.4, 0.5) is 5.69 Å². The van der Waals surface area contributed by atoms with Gasteiger partial charge in [0.15, 0.2) is 5.82 Å². The highest BCUT2D eigenvalue weighted by Crippen LogP contribution is 2.27. The predicted molar refractivity (Wildman–Crippen MR) is 124 cm³/mol. The highest BCUT2D eigenvalue weighted by molar-refractivity contribution is 6.11. The third kappa shape index (κ3) is 3.80. The molecule has 1 aliphatic heterocycles. The summed E-state index contributed by atoms with van der Waals surface area (Å²) in [7, 11) is 2.16. The molecule has 1 saturated heterocycles. The van der Waals surface area contributed by atoms with Crippen molar-refractivity contribution in [3.8, 4) is 11.1 Å². The minimum Gasteiger partial charge on any atom is -0.368 e. The van der Waals surface area contributed by atoms with Crippen molar-refractivity contribution in [3.63, 3.8) is 0 Å². The summed E-state index contributed by atoms with van der Waals surface area (Å²) in [5.74, 6) is 0.549. The maximum Gasteiger partial charge on any atom is 0.157 e. The molecule has 0 saturated carbocycles. The lowest BCUT2D eigenvalue weighted by molar-refractivity contribution is 0.313. The van der Waals surface area contributed by atoms with Gasteiger partial charge in [-0.1, -0.05) is 12.1 Å². The third-order valence-electron chi connectivity index (χ3n) is 5.95. The number of likely N-dealkylation sites (N-methyl/N-ethyl adjacent to an activating group) is 1. The molecule has 0 amide bonds. The van der Waals surface area contributed by atoms with E-state index in [0.29, 0.717) is 11.5 Å². The lowest BCUT2D eigenvalue weighted by Crippen LogP contribution is -2.44. The van der Waals surface area contributed by atoms with Gasteiger partial charge < -0.3 is 14.8 Å². The van der Waals surface area contributed by atoms with Crippen LogP contribution in [0.25, 0.3) is 22.2 Å². The summed E-state index contributed by atoms with van der Waals surface area (Å²) in [6.45, 7) is 6.15. The van der Waals surface area contributed by atoms with E-state index in [2.05, 4.69) is 61.0 Å². The summed E-state index contributed by atoms with van der Waals surface area (Å²) in [6.07, 6.45) is 7.28. The molecule has 4 aromatic rings. The summed E-state index contributed by atoms with van der Waals surface area (Å²) in [5.41, 5.74) is 7.16. The first-order valence-electron chi connectivity index (χ1n) is 10.5. The van der Waals surface area contributed by atoms with E-state index in [1.54, 1.807) is 12.4 Å². The standard InChI is InChI=1S/C24H25N7/c1-16-3-4-17(18-11-19(14-27-13-18)31-9-7-30(2)8-10-31)12-20(16)23(25)24-28-21-5-6-26-15-22(21)29-24/h3-6,11-15,25H,7-10H2,1-2H3,(H,28,29). The van der Waals surface area contributed by atoms with E-state index < -0.39 is 0 Å². The molecule has 4 heterocycles. The van der Waals surface area contributed by atoms with Gasteiger partial charge in [-0.2, -0.15) is 0 Å². The average Bonchev–Trinajstić information content (AvgIpc) is 3.24. The lowest BCUT2D eigenvalue weighted by atomic mass is 9.97. The normalized spacial score (nSPS) is 14.8. The minimum atomic E-state index is 0.374. The van der Waals surface area contributed by atoms with Crippen LogP contribution in [-0.4, -0.2) is 63.8 Å². The van der Waals surface area contributed by atoms with Gasteiger partial charge in [-0.25, -0.2) is 4.98 Å². The van der Waals surface area contributed by atoms with E-state index in [4.69, 9.17) is 5.41 Å². The van der Waals surface area contributed by atoms with Crippen molar-refractivity contribution in [2.75, 3.05) is 38.1 Å². The molecule has 0 unspecified atom stereocenters. The topological polar surface area (TPSA) is 84.8 Å². The van der Waals surface area contributed by atoms with Gasteiger partial charge in [0.1, 0.15) is 5.71 Å². The Balaban J connectivity index is 1.47. The molecule has 7 heteroatoms. The zero-order chi connectivity index (χ0) is 21.4. The Bertz CT molecular complexity index is 1220. The molecular formula is C24H25N7. The third-order valence-corrected chi connectivity index (χ3v) is 5.95. The van der Waals surface area contributed by atoms with Crippen LogP contribution in [0.5, 0.6) is 0 Å². The van der Waals surface area contributed by atoms with E-state index in [1.165, 1.54) is 0 Å². The van der Waals surface area contributed by atoms with Gasteiger partial charge in [0.2, 0.25) is 0 Å². The number of nitrogens with zero attached hydrogens (tertiary/aromatic N) is 5. The van der Waals surface area contributed by atoms with E-state index in [-0.39, 0.29) is 0 Å². The number of hydrogen-bond acceptors (Lipinski definition) is 6. The monoisotopic (exact) mass is 411 g/mol. The highest BCUT2D eigenvalue weighted by atomic mass is 15.2. The van der Waals surface area contributed by atoms with Crippen molar-refractivity contribution in [1.29, 1.82) is 5.41 Å². The second-order valence-electron chi connectivity index (χ2n) is 8.11. The van der Waals surface area contributed by atoms with Gasteiger partial charge >= 0.3 is 0 Å². The number of hydrogen-bond donors (Lipinski definition) is 2. The number of H-pyrrole nitrogens is 1. The van der Waals surface area contributed by atoms with Crippen LogP contribution >= 0.6 is 0 Å². The number of anilines is 1. The second-order valence-corrected chi connectivity index (χ2v) is 8.11. The molecule has 31 heavy (non-hydrogen) atoms. The van der Waals surface area contributed by atoms with Crippen LogP contribution in [-0.2, 0) is 0 Å². The quantitative estimate of drug-likeness (QED) is 0.502. The summed E-state index contributed by atoms with van der Waals surface area (Å²) in [4.78, 5) is 21.1. The molecule has 156 valence electrons. The molecule has 1 aliphatic rings. The number of rotatable bonds is 4. The van der Waals surface area contributed by atoms with E-state index >= 15 is 0 Å². The van der Waals surface area contributed by atoms with Gasteiger partial charge in [-0.05, 0) is 43.3 Å². The Morgan fingerprint density at radius 3 is 2.61 bits per heavy atom. The lowest BCUT2D eigenvalue weighted by Gasteiger charge is -2.34. The number of fused-ring (bicyclic) bond motifs is 1. The molecular weight excluding hydrogens is 386 g/mol. The Labute approximate surface area is 181 Å². The summed E-state index contributed by atoms with van der Waals surface area (Å²) in [6, 6.07) is 10.3. The fourth-order valence-corrected chi connectivity index (χ4v) is 4.00. The molecule has 5 rings (SSSR count). The Morgan fingerprint density at radius 2 is 1.81 bits per heavy atom. The van der Waals surface area contributed by atoms with Crippen LogP contribution in [0.2, 0.25) is 0 Å². The Hall–Kier alpha value is -3.58. The number of aromatic nitrogens is 4.